The van der Waals surface area contributed by atoms with E-state index in [9.17, 15) is 4.79 Å². The lowest BCUT2D eigenvalue weighted by atomic mass is 10.2. The van der Waals surface area contributed by atoms with Gasteiger partial charge < -0.3 is 15.2 Å². The van der Waals surface area contributed by atoms with Gasteiger partial charge in [0.15, 0.2) is 11.0 Å². The number of benzene rings is 2. The quantitative estimate of drug-likeness (QED) is 0.493. The van der Waals surface area contributed by atoms with E-state index in [2.05, 4.69) is 20.8 Å². The highest BCUT2D eigenvalue weighted by atomic mass is 35.5. The summed E-state index contributed by atoms with van der Waals surface area (Å²) >= 11 is 7.59. The fourth-order valence-corrected chi connectivity index (χ4v) is 3.83. The smallest absolute Gasteiger partial charge is 0.237 e. The van der Waals surface area contributed by atoms with Crippen LogP contribution in [0, 0.1) is 6.92 Å². The van der Waals surface area contributed by atoms with E-state index in [0.717, 1.165) is 32.9 Å². The van der Waals surface area contributed by atoms with Gasteiger partial charge in [0.05, 0.1) is 11.8 Å². The first kappa shape index (κ1) is 21.2. The number of nitrogens with one attached hydrogen (secondary N) is 2. The first-order chi connectivity index (χ1) is 14.0. The van der Waals surface area contributed by atoms with Gasteiger partial charge in [-0.2, -0.15) is 0 Å². The van der Waals surface area contributed by atoms with E-state index in [1.807, 2.05) is 73.9 Å². The van der Waals surface area contributed by atoms with Crippen LogP contribution in [-0.2, 0) is 17.9 Å². The Labute approximate surface area is 180 Å². The molecular weight excluding hydrogens is 406 g/mol. The summed E-state index contributed by atoms with van der Waals surface area (Å²) in [4.78, 5) is 12.5. The van der Waals surface area contributed by atoms with Crippen molar-refractivity contribution in [1.29, 1.82) is 0 Å². The van der Waals surface area contributed by atoms with Crippen molar-refractivity contribution in [1.82, 2.24) is 14.8 Å². The lowest BCUT2D eigenvalue weighted by molar-refractivity contribution is -0.115. The van der Waals surface area contributed by atoms with Crippen LogP contribution in [0.4, 0.5) is 11.4 Å². The van der Waals surface area contributed by atoms with Crippen LogP contribution in [0.15, 0.2) is 53.7 Å². The topological polar surface area (TPSA) is 71.8 Å². The maximum absolute atomic E-state index is 12.5. The molecule has 0 saturated carbocycles. The predicted octanol–water partition coefficient (Wildman–Crippen LogP) is 4.99. The molecule has 0 radical (unpaired) electrons. The molecule has 8 heteroatoms. The number of aryl methyl sites for hydroxylation is 1. The van der Waals surface area contributed by atoms with Crippen LogP contribution in [0.1, 0.15) is 25.2 Å². The second kappa shape index (κ2) is 9.80. The van der Waals surface area contributed by atoms with Crippen LogP contribution in [0.3, 0.4) is 0 Å². The standard InChI is InChI=1S/C21H24ClN5OS/c1-4-27-19(13-23-17-11-10-14(2)18(22)12-17)25-26-21(27)29-15(3)20(28)24-16-8-6-5-7-9-16/h5-12,15,23H,4,13H2,1-3H3,(H,24,28). The number of carbonyl (C=O) groups is 1. The van der Waals surface area contributed by atoms with Gasteiger partial charge in [0.1, 0.15) is 0 Å². The summed E-state index contributed by atoms with van der Waals surface area (Å²) in [7, 11) is 0. The van der Waals surface area contributed by atoms with Crippen molar-refractivity contribution in [2.24, 2.45) is 0 Å². The number of halogens is 1. The van der Waals surface area contributed by atoms with Crippen LogP contribution in [0.25, 0.3) is 0 Å². The van der Waals surface area contributed by atoms with Crippen molar-refractivity contribution >= 4 is 40.6 Å². The van der Waals surface area contributed by atoms with Crippen molar-refractivity contribution in [3.8, 4) is 0 Å². The third kappa shape index (κ3) is 5.52. The van der Waals surface area contributed by atoms with E-state index in [1.165, 1.54) is 11.8 Å². The number of carbonyl (C=O) groups excluding carboxylic acids is 1. The number of amides is 1. The molecule has 0 fully saturated rings. The first-order valence-electron chi connectivity index (χ1n) is 9.42. The van der Waals surface area contributed by atoms with Crippen molar-refractivity contribution in [3.63, 3.8) is 0 Å². The molecule has 6 nitrogen and oxygen atoms in total. The zero-order valence-electron chi connectivity index (χ0n) is 16.6. The second-order valence-corrected chi connectivity index (χ2v) is 8.29. The van der Waals surface area contributed by atoms with Crippen molar-refractivity contribution in [2.45, 2.75) is 44.3 Å². The number of rotatable bonds is 8. The Morgan fingerprint density at radius 2 is 1.93 bits per heavy atom. The molecule has 1 aromatic heterocycles. The molecule has 2 N–H and O–H groups in total. The molecule has 3 aromatic rings. The zero-order valence-corrected chi connectivity index (χ0v) is 18.2. The fraction of sp³-hybridized carbons (Fsp3) is 0.286. The highest BCUT2D eigenvalue weighted by Crippen LogP contribution is 2.24. The van der Waals surface area contributed by atoms with Gasteiger partial charge in [-0.15, -0.1) is 10.2 Å². The molecule has 0 saturated heterocycles. The molecule has 0 bridgehead atoms. The summed E-state index contributed by atoms with van der Waals surface area (Å²) in [5.41, 5.74) is 2.75. The summed E-state index contributed by atoms with van der Waals surface area (Å²) in [5, 5.41) is 16.0. The maximum atomic E-state index is 12.5. The molecule has 3 rings (SSSR count). The van der Waals surface area contributed by atoms with E-state index in [0.29, 0.717) is 13.1 Å². The molecule has 152 valence electrons. The fourth-order valence-electron chi connectivity index (χ4n) is 2.72. The number of para-hydroxylation sites is 1. The van der Waals surface area contributed by atoms with Gasteiger partial charge in [0, 0.05) is 22.9 Å². The molecule has 29 heavy (non-hydrogen) atoms. The molecule has 1 unspecified atom stereocenters. The Bertz CT molecular complexity index is 976. The summed E-state index contributed by atoms with van der Waals surface area (Å²) in [6.07, 6.45) is 0. The number of anilines is 2. The van der Waals surface area contributed by atoms with Crippen LogP contribution >= 0.6 is 23.4 Å². The minimum absolute atomic E-state index is 0.0687. The predicted molar refractivity (Wildman–Crippen MR) is 120 cm³/mol. The number of hydrogen-bond donors (Lipinski definition) is 2. The minimum Gasteiger partial charge on any atom is -0.378 e. The van der Waals surface area contributed by atoms with Gasteiger partial charge in [-0.25, -0.2) is 0 Å². The normalized spacial score (nSPS) is 11.9. The van der Waals surface area contributed by atoms with E-state index in [4.69, 9.17) is 11.6 Å². The van der Waals surface area contributed by atoms with E-state index >= 15 is 0 Å². The zero-order chi connectivity index (χ0) is 20.8. The number of hydrogen-bond acceptors (Lipinski definition) is 5. The van der Waals surface area contributed by atoms with E-state index in [-0.39, 0.29) is 11.2 Å². The Morgan fingerprint density at radius 3 is 2.62 bits per heavy atom. The van der Waals surface area contributed by atoms with Crippen LogP contribution in [0.5, 0.6) is 0 Å². The van der Waals surface area contributed by atoms with E-state index in [1.54, 1.807) is 0 Å². The Kier molecular flexibility index (Phi) is 7.17. The largest absolute Gasteiger partial charge is 0.378 e. The summed E-state index contributed by atoms with van der Waals surface area (Å²) in [6.45, 7) is 7.11. The maximum Gasteiger partial charge on any atom is 0.237 e. The Balaban J connectivity index is 1.63. The van der Waals surface area contributed by atoms with Crippen molar-refractivity contribution in [2.75, 3.05) is 10.6 Å². The monoisotopic (exact) mass is 429 g/mol. The van der Waals surface area contributed by atoms with Crippen LogP contribution in [0.2, 0.25) is 5.02 Å². The lowest BCUT2D eigenvalue weighted by Gasteiger charge is -2.13. The SMILES string of the molecule is CCn1c(CNc2ccc(C)c(Cl)c2)nnc1SC(C)C(=O)Nc1ccccc1. The molecule has 1 heterocycles. The lowest BCUT2D eigenvalue weighted by Crippen LogP contribution is -2.23. The molecule has 1 atom stereocenters. The molecule has 0 aliphatic heterocycles. The van der Waals surface area contributed by atoms with Gasteiger partial charge in [-0.3, -0.25) is 4.79 Å². The average Bonchev–Trinajstić information content (AvgIpc) is 3.11. The molecule has 1 amide bonds. The third-order valence-corrected chi connectivity index (χ3v) is 5.91. The van der Waals surface area contributed by atoms with Crippen LogP contribution in [-0.4, -0.2) is 25.9 Å². The first-order valence-corrected chi connectivity index (χ1v) is 10.7. The molecule has 0 spiro atoms. The van der Waals surface area contributed by atoms with Crippen molar-refractivity contribution < 1.29 is 4.79 Å². The minimum atomic E-state index is -0.304. The van der Waals surface area contributed by atoms with Gasteiger partial charge >= 0.3 is 0 Å². The number of aromatic nitrogens is 3. The van der Waals surface area contributed by atoms with Crippen LogP contribution < -0.4 is 10.6 Å². The van der Waals surface area contributed by atoms with Gasteiger partial charge in [0.2, 0.25) is 5.91 Å². The van der Waals surface area contributed by atoms with Gasteiger partial charge in [0.25, 0.3) is 0 Å². The van der Waals surface area contributed by atoms with Gasteiger partial charge in [-0.1, -0.05) is 47.6 Å². The number of nitrogens with zero attached hydrogens (tertiary/aromatic N) is 3. The second-order valence-electron chi connectivity index (χ2n) is 6.58. The third-order valence-electron chi connectivity index (χ3n) is 4.42. The van der Waals surface area contributed by atoms with Crippen molar-refractivity contribution in [3.05, 3.63) is 64.9 Å². The summed E-state index contributed by atoms with van der Waals surface area (Å²) in [6, 6.07) is 15.3. The van der Waals surface area contributed by atoms with Gasteiger partial charge in [-0.05, 0) is 50.6 Å². The number of thioether (sulfide) groups is 1. The van der Waals surface area contributed by atoms with E-state index < -0.39 is 0 Å². The molecule has 0 aliphatic carbocycles. The Morgan fingerprint density at radius 1 is 1.17 bits per heavy atom. The highest BCUT2D eigenvalue weighted by molar-refractivity contribution is 8.00. The average molecular weight is 430 g/mol. The summed E-state index contributed by atoms with van der Waals surface area (Å²) < 4.78 is 2.01. The Hall–Kier alpha value is -2.51. The summed E-state index contributed by atoms with van der Waals surface area (Å²) in [5.74, 6) is 0.739. The molecule has 2 aromatic carbocycles. The molecule has 0 aliphatic rings. The highest BCUT2D eigenvalue weighted by Gasteiger charge is 2.19. The molecular formula is C21H24ClN5OS.